The van der Waals surface area contributed by atoms with E-state index < -0.39 is 12.5 Å². The van der Waals surface area contributed by atoms with Crippen LogP contribution in [0.15, 0.2) is 18.5 Å². The summed E-state index contributed by atoms with van der Waals surface area (Å²) >= 11 is 0. The van der Waals surface area contributed by atoms with E-state index in [0.29, 0.717) is 30.3 Å². The smallest absolute Gasteiger partial charge is 0.260 e. The highest BCUT2D eigenvalue weighted by Crippen LogP contribution is 2.31. The van der Waals surface area contributed by atoms with Crippen molar-refractivity contribution >= 4 is 5.82 Å². The fraction of sp³-hybridized carbons (Fsp3) is 0.455. The predicted molar refractivity (Wildman–Crippen MR) is 62.6 cm³/mol. The topological polar surface area (TPSA) is 47.7 Å². The van der Waals surface area contributed by atoms with Gasteiger partial charge in [-0.2, -0.15) is 5.10 Å². The number of imidazole rings is 1. The number of nitrogens with zero attached hydrogens (tertiary/aromatic N) is 4. The van der Waals surface area contributed by atoms with Crippen LogP contribution >= 0.6 is 0 Å². The summed E-state index contributed by atoms with van der Waals surface area (Å²) in [6.07, 6.45) is 1.43. The molecule has 5 nitrogen and oxygen atoms in total. The maximum Gasteiger partial charge on any atom is 0.260 e. The van der Waals surface area contributed by atoms with Crippen LogP contribution in [0.1, 0.15) is 12.5 Å². The molecule has 0 spiro atoms. The lowest BCUT2D eigenvalue weighted by atomic mass is 10.2. The predicted octanol–water partition coefficient (Wildman–Crippen LogP) is 1.91. The third-order valence-corrected chi connectivity index (χ3v) is 3.14. The zero-order valence-corrected chi connectivity index (χ0v) is 9.85. The third-order valence-electron chi connectivity index (χ3n) is 3.14. The maximum absolute atomic E-state index is 12.9. The average molecular weight is 253 g/mol. The number of halogens is 2. The Morgan fingerprint density at radius 3 is 3.00 bits per heavy atom. The Bertz CT molecular complexity index is 560. The van der Waals surface area contributed by atoms with Crippen molar-refractivity contribution in [1.29, 1.82) is 0 Å². The van der Waals surface area contributed by atoms with Gasteiger partial charge in [-0.15, -0.1) is 0 Å². The molecule has 0 fully saturated rings. The van der Waals surface area contributed by atoms with E-state index in [1.165, 1.54) is 4.68 Å². The van der Waals surface area contributed by atoms with Crippen LogP contribution in [0.5, 0.6) is 0 Å². The number of aromatic nitrogens is 4. The van der Waals surface area contributed by atoms with Crippen molar-refractivity contribution in [2.24, 2.45) is 7.05 Å². The fourth-order valence-electron chi connectivity index (χ4n) is 2.20. The SMILES string of the molecule is Cn1ccnc1-c1cc2n(n1)C(C(F)F)CCN2. The Morgan fingerprint density at radius 1 is 1.50 bits per heavy atom. The van der Waals surface area contributed by atoms with Gasteiger partial charge in [0.1, 0.15) is 17.6 Å². The quantitative estimate of drug-likeness (QED) is 0.889. The van der Waals surface area contributed by atoms with E-state index in [-0.39, 0.29) is 0 Å². The molecule has 1 N–H and O–H groups in total. The lowest BCUT2D eigenvalue weighted by Gasteiger charge is -2.24. The molecule has 7 heteroatoms. The molecule has 0 bridgehead atoms. The average Bonchev–Trinajstić information content (AvgIpc) is 2.92. The summed E-state index contributed by atoms with van der Waals surface area (Å²) in [7, 11) is 1.85. The standard InChI is InChI=1S/C11H13F2N5/c1-17-5-4-15-11(17)7-6-9-14-3-2-8(10(12)13)18(9)16-7/h4-6,8,10,14H,2-3H2,1H3. The number of nitrogens with one attached hydrogen (secondary N) is 1. The lowest BCUT2D eigenvalue weighted by Crippen LogP contribution is -2.28. The number of rotatable bonds is 2. The zero-order valence-electron chi connectivity index (χ0n) is 9.85. The van der Waals surface area contributed by atoms with E-state index in [9.17, 15) is 8.78 Å². The molecule has 1 aliphatic rings. The molecule has 2 aromatic heterocycles. The second-order valence-corrected chi connectivity index (χ2v) is 4.34. The number of hydrogen-bond donors (Lipinski definition) is 1. The van der Waals surface area contributed by atoms with E-state index >= 15 is 0 Å². The van der Waals surface area contributed by atoms with Crippen LogP contribution in [0.2, 0.25) is 0 Å². The lowest BCUT2D eigenvalue weighted by molar-refractivity contribution is 0.0716. The van der Waals surface area contributed by atoms with E-state index in [2.05, 4.69) is 15.4 Å². The fourth-order valence-corrected chi connectivity index (χ4v) is 2.20. The van der Waals surface area contributed by atoms with E-state index in [4.69, 9.17) is 0 Å². The Hall–Kier alpha value is -1.92. The molecule has 0 aliphatic carbocycles. The molecule has 1 aliphatic heterocycles. The summed E-state index contributed by atoms with van der Waals surface area (Å²) in [6, 6.07) is 0.909. The highest BCUT2D eigenvalue weighted by molar-refractivity contribution is 5.57. The van der Waals surface area contributed by atoms with E-state index in [1.54, 1.807) is 18.5 Å². The van der Waals surface area contributed by atoms with Gasteiger partial charge in [-0.3, -0.25) is 0 Å². The third kappa shape index (κ3) is 1.66. The summed E-state index contributed by atoms with van der Waals surface area (Å²) < 4.78 is 29.0. The highest BCUT2D eigenvalue weighted by atomic mass is 19.3. The first-order valence-electron chi connectivity index (χ1n) is 5.76. The highest BCUT2D eigenvalue weighted by Gasteiger charge is 2.29. The zero-order chi connectivity index (χ0) is 12.7. The molecule has 18 heavy (non-hydrogen) atoms. The van der Waals surface area contributed by atoms with Crippen molar-refractivity contribution in [3.8, 4) is 11.5 Å². The Balaban J connectivity index is 2.04. The molecule has 1 atom stereocenters. The van der Waals surface area contributed by atoms with Gasteiger partial charge in [0, 0.05) is 32.1 Å². The number of alkyl halides is 2. The molecular weight excluding hydrogens is 240 g/mol. The Labute approximate surface area is 102 Å². The number of fused-ring (bicyclic) bond motifs is 1. The molecule has 3 rings (SSSR count). The van der Waals surface area contributed by atoms with Gasteiger partial charge >= 0.3 is 0 Å². The van der Waals surface area contributed by atoms with Crippen LogP contribution in [-0.4, -0.2) is 32.3 Å². The van der Waals surface area contributed by atoms with Gasteiger partial charge in [0.05, 0.1) is 0 Å². The summed E-state index contributed by atoms with van der Waals surface area (Å²) in [5, 5.41) is 7.33. The molecular formula is C11H13F2N5. The summed E-state index contributed by atoms with van der Waals surface area (Å²) in [5.41, 5.74) is 0.609. The van der Waals surface area contributed by atoms with Crippen molar-refractivity contribution in [3.05, 3.63) is 18.5 Å². The Morgan fingerprint density at radius 2 is 2.33 bits per heavy atom. The molecule has 0 saturated carbocycles. The summed E-state index contributed by atoms with van der Waals surface area (Å²) in [4.78, 5) is 4.17. The first-order valence-corrected chi connectivity index (χ1v) is 5.76. The monoisotopic (exact) mass is 253 g/mol. The van der Waals surface area contributed by atoms with Crippen LogP contribution in [0.25, 0.3) is 11.5 Å². The van der Waals surface area contributed by atoms with Crippen LogP contribution in [-0.2, 0) is 7.05 Å². The molecule has 3 heterocycles. The minimum Gasteiger partial charge on any atom is -0.370 e. The first-order chi connectivity index (χ1) is 8.66. The molecule has 1 unspecified atom stereocenters. The van der Waals surface area contributed by atoms with E-state index in [0.717, 1.165) is 0 Å². The second kappa shape index (κ2) is 4.08. The number of hydrogen-bond acceptors (Lipinski definition) is 3. The number of aryl methyl sites for hydroxylation is 1. The van der Waals surface area contributed by atoms with Crippen molar-refractivity contribution in [3.63, 3.8) is 0 Å². The van der Waals surface area contributed by atoms with Crippen LogP contribution in [0.4, 0.5) is 14.6 Å². The largest absolute Gasteiger partial charge is 0.370 e. The van der Waals surface area contributed by atoms with Gasteiger partial charge < -0.3 is 9.88 Å². The number of anilines is 1. The maximum atomic E-state index is 12.9. The van der Waals surface area contributed by atoms with Crippen LogP contribution in [0.3, 0.4) is 0 Å². The van der Waals surface area contributed by atoms with E-state index in [1.807, 2.05) is 11.6 Å². The minimum atomic E-state index is -2.40. The van der Waals surface area contributed by atoms with Gasteiger partial charge in [0.2, 0.25) is 0 Å². The summed E-state index contributed by atoms with van der Waals surface area (Å²) in [6.45, 7) is 0.542. The molecule has 0 aromatic carbocycles. The first kappa shape index (κ1) is 11.2. The van der Waals surface area contributed by atoms with Crippen molar-refractivity contribution in [2.75, 3.05) is 11.9 Å². The van der Waals surface area contributed by atoms with Gasteiger partial charge in [0.25, 0.3) is 6.43 Å². The molecule has 0 saturated heterocycles. The molecule has 96 valence electrons. The van der Waals surface area contributed by atoms with Gasteiger partial charge in [-0.25, -0.2) is 18.4 Å². The molecule has 0 amide bonds. The van der Waals surface area contributed by atoms with Crippen LogP contribution < -0.4 is 5.32 Å². The minimum absolute atomic E-state index is 0.381. The van der Waals surface area contributed by atoms with Gasteiger partial charge in [-0.05, 0) is 6.42 Å². The second-order valence-electron chi connectivity index (χ2n) is 4.34. The summed E-state index contributed by atoms with van der Waals surface area (Å²) in [5.74, 6) is 1.30. The van der Waals surface area contributed by atoms with Crippen molar-refractivity contribution in [2.45, 2.75) is 18.9 Å². The van der Waals surface area contributed by atoms with Crippen molar-refractivity contribution < 1.29 is 8.78 Å². The van der Waals surface area contributed by atoms with Gasteiger partial charge in [0.15, 0.2) is 5.82 Å². The normalized spacial score (nSPS) is 18.8. The Kier molecular flexibility index (Phi) is 2.53. The van der Waals surface area contributed by atoms with Gasteiger partial charge in [-0.1, -0.05) is 0 Å². The molecule has 0 radical (unpaired) electrons. The van der Waals surface area contributed by atoms with Crippen molar-refractivity contribution in [1.82, 2.24) is 19.3 Å². The van der Waals surface area contributed by atoms with Crippen LogP contribution in [0, 0.1) is 0 Å². The molecule has 2 aromatic rings.